The molecule has 20 heavy (non-hydrogen) atoms. The van der Waals surface area contributed by atoms with Crippen LogP contribution in [0.5, 0.6) is 11.5 Å². The SMILES string of the molecule is NCc1cc([N+](=O)[O-])ccc1OCc1cccc(O)c1. The van der Waals surface area contributed by atoms with E-state index in [0.29, 0.717) is 11.3 Å². The van der Waals surface area contributed by atoms with Gasteiger partial charge in [0.1, 0.15) is 18.1 Å². The Morgan fingerprint density at radius 1 is 1.25 bits per heavy atom. The van der Waals surface area contributed by atoms with E-state index in [0.717, 1.165) is 5.56 Å². The van der Waals surface area contributed by atoms with Gasteiger partial charge in [0, 0.05) is 24.2 Å². The second-order valence-electron chi connectivity index (χ2n) is 4.21. The molecule has 0 aliphatic rings. The summed E-state index contributed by atoms with van der Waals surface area (Å²) >= 11 is 0. The number of nitrogens with two attached hydrogens (primary N) is 1. The highest BCUT2D eigenvalue weighted by Crippen LogP contribution is 2.25. The molecule has 0 bridgehead atoms. The summed E-state index contributed by atoms with van der Waals surface area (Å²) in [5.74, 6) is 0.662. The maximum Gasteiger partial charge on any atom is 0.270 e. The van der Waals surface area contributed by atoms with Crippen LogP contribution in [0, 0.1) is 10.1 Å². The first-order valence-electron chi connectivity index (χ1n) is 5.98. The number of aromatic hydroxyl groups is 1. The molecule has 0 heterocycles. The molecule has 2 aromatic rings. The quantitative estimate of drug-likeness (QED) is 0.644. The number of benzene rings is 2. The average molecular weight is 274 g/mol. The van der Waals surface area contributed by atoms with Crippen LogP contribution >= 0.6 is 0 Å². The van der Waals surface area contributed by atoms with Crippen LogP contribution in [0.15, 0.2) is 42.5 Å². The largest absolute Gasteiger partial charge is 0.508 e. The standard InChI is InChI=1S/C14H14N2O4/c15-8-11-7-12(16(18)19)4-5-14(11)20-9-10-2-1-3-13(17)6-10/h1-7,17H,8-9,15H2. The summed E-state index contributed by atoms with van der Waals surface area (Å²) in [5.41, 5.74) is 6.92. The van der Waals surface area contributed by atoms with Crippen LogP contribution in [-0.2, 0) is 13.2 Å². The minimum atomic E-state index is -0.474. The maximum atomic E-state index is 10.7. The first-order chi connectivity index (χ1) is 9.60. The molecule has 0 atom stereocenters. The fraction of sp³-hybridized carbons (Fsp3) is 0.143. The van der Waals surface area contributed by atoms with Crippen molar-refractivity contribution in [3.8, 4) is 11.5 Å². The number of nitro groups is 1. The van der Waals surface area contributed by atoms with Crippen molar-refractivity contribution in [2.24, 2.45) is 5.73 Å². The molecule has 0 aliphatic heterocycles. The second kappa shape index (κ2) is 6.03. The third kappa shape index (κ3) is 3.24. The summed E-state index contributed by atoms with van der Waals surface area (Å²) in [6.45, 7) is 0.399. The van der Waals surface area contributed by atoms with E-state index in [9.17, 15) is 15.2 Å². The lowest BCUT2D eigenvalue weighted by atomic mass is 10.1. The van der Waals surface area contributed by atoms with Crippen LogP contribution in [0.3, 0.4) is 0 Å². The normalized spacial score (nSPS) is 10.2. The van der Waals surface area contributed by atoms with Gasteiger partial charge in [-0.2, -0.15) is 0 Å². The molecule has 0 saturated carbocycles. The Labute approximate surface area is 115 Å². The Balaban J connectivity index is 2.15. The molecule has 0 unspecified atom stereocenters. The first-order valence-corrected chi connectivity index (χ1v) is 5.98. The summed E-state index contributed by atoms with van der Waals surface area (Å²) in [7, 11) is 0. The summed E-state index contributed by atoms with van der Waals surface area (Å²) in [4.78, 5) is 10.2. The topological polar surface area (TPSA) is 98.6 Å². The molecule has 0 amide bonds. The van der Waals surface area contributed by atoms with E-state index < -0.39 is 4.92 Å². The zero-order valence-electron chi connectivity index (χ0n) is 10.7. The fourth-order valence-corrected chi connectivity index (χ4v) is 1.79. The molecular weight excluding hydrogens is 260 g/mol. The van der Waals surface area contributed by atoms with Gasteiger partial charge in [-0.3, -0.25) is 10.1 Å². The molecule has 0 aliphatic carbocycles. The van der Waals surface area contributed by atoms with Crippen LogP contribution in [0.2, 0.25) is 0 Å². The molecule has 3 N–H and O–H groups in total. The van der Waals surface area contributed by atoms with Gasteiger partial charge >= 0.3 is 0 Å². The number of ether oxygens (including phenoxy) is 1. The van der Waals surface area contributed by atoms with Crippen LogP contribution in [-0.4, -0.2) is 10.0 Å². The lowest BCUT2D eigenvalue weighted by Crippen LogP contribution is -2.03. The highest BCUT2D eigenvalue weighted by atomic mass is 16.6. The Hall–Kier alpha value is -2.60. The molecular formula is C14H14N2O4. The van der Waals surface area contributed by atoms with Gasteiger partial charge in [0.15, 0.2) is 0 Å². The monoisotopic (exact) mass is 274 g/mol. The summed E-state index contributed by atoms with van der Waals surface area (Å²) in [6, 6.07) is 11.0. The Kier molecular flexibility index (Phi) is 4.17. The van der Waals surface area contributed by atoms with Crippen LogP contribution < -0.4 is 10.5 Å². The summed E-state index contributed by atoms with van der Waals surface area (Å²) < 4.78 is 5.59. The highest BCUT2D eigenvalue weighted by Gasteiger charge is 2.10. The lowest BCUT2D eigenvalue weighted by molar-refractivity contribution is -0.384. The molecule has 0 saturated heterocycles. The number of phenols is 1. The maximum absolute atomic E-state index is 10.7. The van der Waals surface area contributed by atoms with Crippen molar-refractivity contribution in [3.63, 3.8) is 0 Å². The van der Waals surface area contributed by atoms with Crippen molar-refractivity contribution in [1.29, 1.82) is 0 Å². The van der Waals surface area contributed by atoms with E-state index >= 15 is 0 Å². The van der Waals surface area contributed by atoms with Gasteiger partial charge in [-0.1, -0.05) is 12.1 Å². The third-order valence-corrected chi connectivity index (χ3v) is 2.78. The van der Waals surface area contributed by atoms with Gasteiger partial charge in [0.2, 0.25) is 0 Å². The number of rotatable bonds is 5. The Morgan fingerprint density at radius 2 is 2.05 bits per heavy atom. The predicted molar refractivity (Wildman–Crippen MR) is 73.4 cm³/mol. The zero-order chi connectivity index (χ0) is 14.5. The molecule has 2 aromatic carbocycles. The zero-order valence-corrected chi connectivity index (χ0v) is 10.7. The average Bonchev–Trinajstić information content (AvgIpc) is 2.45. The van der Waals surface area contributed by atoms with Crippen LogP contribution in [0.4, 0.5) is 5.69 Å². The van der Waals surface area contributed by atoms with Gasteiger partial charge in [-0.25, -0.2) is 0 Å². The van der Waals surface area contributed by atoms with Crippen molar-refractivity contribution < 1.29 is 14.8 Å². The first kappa shape index (κ1) is 13.8. The van der Waals surface area contributed by atoms with Crippen LogP contribution in [0.25, 0.3) is 0 Å². The van der Waals surface area contributed by atoms with Crippen molar-refractivity contribution in [3.05, 3.63) is 63.7 Å². The summed E-state index contributed by atoms with van der Waals surface area (Å²) in [5, 5.41) is 20.1. The lowest BCUT2D eigenvalue weighted by Gasteiger charge is -2.10. The van der Waals surface area contributed by atoms with E-state index in [2.05, 4.69) is 0 Å². The summed E-state index contributed by atoms with van der Waals surface area (Å²) in [6.07, 6.45) is 0. The van der Waals surface area contributed by atoms with Gasteiger partial charge in [-0.15, -0.1) is 0 Å². The number of nitrogens with zero attached hydrogens (tertiary/aromatic N) is 1. The molecule has 104 valence electrons. The van der Waals surface area contributed by atoms with E-state index in [4.69, 9.17) is 10.5 Å². The molecule has 0 radical (unpaired) electrons. The molecule has 6 heteroatoms. The smallest absolute Gasteiger partial charge is 0.270 e. The molecule has 0 fully saturated rings. The van der Waals surface area contributed by atoms with Crippen LogP contribution in [0.1, 0.15) is 11.1 Å². The Morgan fingerprint density at radius 3 is 2.70 bits per heavy atom. The van der Waals surface area contributed by atoms with Crippen molar-refractivity contribution in [1.82, 2.24) is 0 Å². The fourth-order valence-electron chi connectivity index (χ4n) is 1.79. The third-order valence-electron chi connectivity index (χ3n) is 2.78. The van der Waals surface area contributed by atoms with Gasteiger partial charge in [-0.05, 0) is 23.8 Å². The molecule has 0 aromatic heterocycles. The number of non-ortho nitro benzene ring substituents is 1. The molecule has 2 rings (SSSR count). The number of phenolic OH excluding ortho intramolecular Hbond substituents is 1. The van der Waals surface area contributed by atoms with Crippen molar-refractivity contribution in [2.45, 2.75) is 13.2 Å². The number of hydrogen-bond acceptors (Lipinski definition) is 5. The van der Waals surface area contributed by atoms with Gasteiger partial charge in [0.05, 0.1) is 4.92 Å². The Bertz CT molecular complexity index is 628. The van der Waals surface area contributed by atoms with E-state index in [1.165, 1.54) is 18.2 Å². The highest BCUT2D eigenvalue weighted by molar-refractivity contribution is 5.43. The minimum absolute atomic E-state index is 0.0184. The van der Waals surface area contributed by atoms with Crippen molar-refractivity contribution in [2.75, 3.05) is 0 Å². The molecule has 6 nitrogen and oxygen atoms in total. The van der Waals surface area contributed by atoms with E-state index in [1.807, 2.05) is 6.07 Å². The number of hydrogen-bond donors (Lipinski definition) is 2. The van der Waals surface area contributed by atoms with Gasteiger partial charge < -0.3 is 15.6 Å². The second-order valence-corrected chi connectivity index (χ2v) is 4.21. The van der Waals surface area contributed by atoms with Crippen molar-refractivity contribution >= 4 is 5.69 Å². The number of nitro benzene ring substituents is 1. The predicted octanol–water partition coefficient (Wildman–Crippen LogP) is 2.34. The van der Waals surface area contributed by atoms with Gasteiger partial charge in [0.25, 0.3) is 5.69 Å². The van der Waals surface area contributed by atoms with E-state index in [1.54, 1.807) is 18.2 Å². The molecule has 0 spiro atoms. The minimum Gasteiger partial charge on any atom is -0.508 e. The van der Waals surface area contributed by atoms with E-state index in [-0.39, 0.29) is 24.6 Å².